The zero-order valence-corrected chi connectivity index (χ0v) is 9.96. The van der Waals surface area contributed by atoms with Gasteiger partial charge >= 0.3 is 0 Å². The third kappa shape index (κ3) is 4.08. The molecule has 0 spiro atoms. The Bertz CT molecular complexity index is 346. The predicted molar refractivity (Wildman–Crippen MR) is 65.4 cm³/mol. The van der Waals surface area contributed by atoms with Crippen molar-refractivity contribution in [2.24, 2.45) is 5.92 Å². The average Bonchev–Trinajstić information content (AvgIpc) is 2.30. The molecule has 1 aromatic carbocycles. The third-order valence-corrected chi connectivity index (χ3v) is 3.30. The fourth-order valence-electron chi connectivity index (χ4n) is 2.49. The van der Waals surface area contributed by atoms with Gasteiger partial charge in [0.2, 0.25) is 6.43 Å². The SMILES string of the molecule is FC(F)Cc1cccc(CC2CCCNC2)c1. The lowest BCUT2D eigenvalue weighted by Gasteiger charge is -2.22. The molecular weight excluding hydrogens is 220 g/mol. The van der Waals surface area contributed by atoms with Crippen LogP contribution in [0.5, 0.6) is 0 Å². The average molecular weight is 239 g/mol. The maximum absolute atomic E-state index is 12.3. The van der Waals surface area contributed by atoms with E-state index in [4.69, 9.17) is 0 Å². The largest absolute Gasteiger partial charge is 0.316 e. The molecule has 0 saturated carbocycles. The first-order chi connectivity index (χ1) is 8.24. The highest BCUT2D eigenvalue weighted by Crippen LogP contribution is 2.18. The van der Waals surface area contributed by atoms with Crippen molar-refractivity contribution < 1.29 is 8.78 Å². The van der Waals surface area contributed by atoms with E-state index in [-0.39, 0.29) is 6.42 Å². The Morgan fingerprint density at radius 1 is 1.29 bits per heavy atom. The van der Waals surface area contributed by atoms with Gasteiger partial charge in [-0.2, -0.15) is 0 Å². The van der Waals surface area contributed by atoms with Crippen LogP contribution in [-0.2, 0) is 12.8 Å². The Morgan fingerprint density at radius 3 is 2.82 bits per heavy atom. The number of benzene rings is 1. The van der Waals surface area contributed by atoms with E-state index in [1.54, 1.807) is 6.07 Å². The maximum Gasteiger partial charge on any atom is 0.242 e. The van der Waals surface area contributed by atoms with Crippen molar-refractivity contribution in [1.82, 2.24) is 5.32 Å². The van der Waals surface area contributed by atoms with Gasteiger partial charge in [-0.15, -0.1) is 0 Å². The lowest BCUT2D eigenvalue weighted by atomic mass is 9.91. The van der Waals surface area contributed by atoms with Crippen LogP contribution >= 0.6 is 0 Å². The van der Waals surface area contributed by atoms with E-state index in [0.29, 0.717) is 5.92 Å². The van der Waals surface area contributed by atoms with Crippen molar-refractivity contribution in [3.05, 3.63) is 35.4 Å². The van der Waals surface area contributed by atoms with Crippen molar-refractivity contribution in [2.75, 3.05) is 13.1 Å². The Morgan fingerprint density at radius 2 is 2.12 bits per heavy atom. The molecule has 1 fully saturated rings. The standard InChI is InChI=1S/C14H19F2N/c15-14(16)9-12-4-1-3-11(7-12)8-13-5-2-6-17-10-13/h1,3-4,7,13-14,17H,2,5-6,8-10H2. The highest BCUT2D eigenvalue weighted by Gasteiger charge is 2.13. The highest BCUT2D eigenvalue weighted by atomic mass is 19.3. The molecule has 2 rings (SSSR count). The normalized spacial score (nSPS) is 20.8. The van der Waals surface area contributed by atoms with Crippen molar-refractivity contribution in [3.63, 3.8) is 0 Å². The molecule has 0 aromatic heterocycles. The second-order valence-corrected chi connectivity index (χ2v) is 4.83. The van der Waals surface area contributed by atoms with Gasteiger partial charge < -0.3 is 5.32 Å². The number of piperidine rings is 1. The van der Waals surface area contributed by atoms with Crippen molar-refractivity contribution in [3.8, 4) is 0 Å². The zero-order valence-electron chi connectivity index (χ0n) is 9.96. The van der Waals surface area contributed by atoms with Crippen LogP contribution in [0.25, 0.3) is 0 Å². The summed E-state index contributed by atoms with van der Waals surface area (Å²) in [6, 6.07) is 7.66. The smallest absolute Gasteiger partial charge is 0.242 e. The van der Waals surface area contributed by atoms with Crippen LogP contribution in [-0.4, -0.2) is 19.5 Å². The summed E-state index contributed by atoms with van der Waals surface area (Å²) in [5.74, 6) is 0.658. The van der Waals surface area contributed by atoms with E-state index in [0.717, 1.165) is 25.1 Å². The Labute approximate surface area is 101 Å². The minimum atomic E-state index is -2.25. The quantitative estimate of drug-likeness (QED) is 0.851. The van der Waals surface area contributed by atoms with Crippen molar-refractivity contribution in [2.45, 2.75) is 32.1 Å². The minimum absolute atomic E-state index is 0.128. The van der Waals surface area contributed by atoms with E-state index in [1.165, 1.54) is 18.4 Å². The Kier molecular flexibility index (Phi) is 4.49. The van der Waals surface area contributed by atoms with Gasteiger partial charge in [0, 0.05) is 6.42 Å². The molecule has 1 aliphatic heterocycles. The van der Waals surface area contributed by atoms with Gasteiger partial charge in [-0.1, -0.05) is 24.3 Å². The van der Waals surface area contributed by atoms with Gasteiger partial charge in [-0.25, -0.2) is 8.78 Å². The van der Waals surface area contributed by atoms with Crippen LogP contribution < -0.4 is 5.32 Å². The van der Waals surface area contributed by atoms with E-state index in [2.05, 4.69) is 5.32 Å². The molecule has 1 nitrogen and oxygen atoms in total. The van der Waals surface area contributed by atoms with Gasteiger partial charge in [-0.3, -0.25) is 0 Å². The first kappa shape index (κ1) is 12.5. The molecule has 0 amide bonds. The summed E-state index contributed by atoms with van der Waals surface area (Å²) in [7, 11) is 0. The maximum atomic E-state index is 12.3. The molecule has 1 atom stereocenters. The van der Waals surface area contributed by atoms with Crippen LogP contribution in [0.4, 0.5) is 8.78 Å². The molecule has 0 bridgehead atoms. The first-order valence-corrected chi connectivity index (χ1v) is 6.31. The molecule has 1 aromatic rings. The summed E-state index contributed by atoms with van der Waals surface area (Å²) >= 11 is 0. The number of alkyl halides is 2. The van der Waals surface area contributed by atoms with Crippen LogP contribution in [0.2, 0.25) is 0 Å². The lowest BCUT2D eigenvalue weighted by molar-refractivity contribution is 0.149. The highest BCUT2D eigenvalue weighted by molar-refractivity contribution is 5.24. The second kappa shape index (κ2) is 6.10. The van der Waals surface area contributed by atoms with E-state index < -0.39 is 6.43 Å². The molecule has 1 heterocycles. The first-order valence-electron chi connectivity index (χ1n) is 6.31. The number of hydrogen-bond donors (Lipinski definition) is 1. The predicted octanol–water partition coefficient (Wildman–Crippen LogP) is 3.04. The second-order valence-electron chi connectivity index (χ2n) is 4.83. The molecule has 17 heavy (non-hydrogen) atoms. The van der Waals surface area contributed by atoms with Gasteiger partial charge in [0.15, 0.2) is 0 Å². The molecule has 1 saturated heterocycles. The van der Waals surface area contributed by atoms with E-state index in [1.807, 2.05) is 18.2 Å². The molecular formula is C14H19F2N. The van der Waals surface area contributed by atoms with Crippen molar-refractivity contribution in [1.29, 1.82) is 0 Å². The van der Waals surface area contributed by atoms with Crippen LogP contribution in [0, 0.1) is 5.92 Å². The molecule has 3 heteroatoms. The number of nitrogens with one attached hydrogen (secondary N) is 1. The summed E-state index contributed by atoms with van der Waals surface area (Å²) < 4.78 is 24.6. The van der Waals surface area contributed by atoms with Crippen LogP contribution in [0.15, 0.2) is 24.3 Å². The van der Waals surface area contributed by atoms with E-state index in [9.17, 15) is 8.78 Å². The lowest BCUT2D eigenvalue weighted by Crippen LogP contribution is -2.30. The molecule has 0 aliphatic carbocycles. The summed E-state index contributed by atoms with van der Waals surface area (Å²) in [6.45, 7) is 2.17. The Balaban J connectivity index is 1.95. The van der Waals surface area contributed by atoms with Crippen LogP contribution in [0.1, 0.15) is 24.0 Å². The number of hydrogen-bond acceptors (Lipinski definition) is 1. The zero-order chi connectivity index (χ0) is 12.1. The molecule has 94 valence electrons. The van der Waals surface area contributed by atoms with Gasteiger partial charge in [0.25, 0.3) is 0 Å². The Hall–Kier alpha value is -0.960. The molecule has 1 N–H and O–H groups in total. The molecule has 1 unspecified atom stereocenters. The fourth-order valence-corrected chi connectivity index (χ4v) is 2.49. The van der Waals surface area contributed by atoms with Gasteiger partial charge in [-0.05, 0) is 49.4 Å². The minimum Gasteiger partial charge on any atom is -0.316 e. The topological polar surface area (TPSA) is 12.0 Å². The number of halogens is 2. The monoisotopic (exact) mass is 239 g/mol. The molecule has 0 radical (unpaired) electrons. The van der Waals surface area contributed by atoms with Crippen LogP contribution in [0.3, 0.4) is 0 Å². The van der Waals surface area contributed by atoms with Gasteiger partial charge in [0.1, 0.15) is 0 Å². The third-order valence-electron chi connectivity index (χ3n) is 3.30. The van der Waals surface area contributed by atoms with E-state index >= 15 is 0 Å². The van der Waals surface area contributed by atoms with Crippen molar-refractivity contribution >= 4 is 0 Å². The summed E-state index contributed by atoms with van der Waals surface area (Å²) in [5.41, 5.74) is 1.94. The fraction of sp³-hybridized carbons (Fsp3) is 0.571. The molecule has 1 aliphatic rings. The number of rotatable bonds is 4. The summed E-state index contributed by atoms with van der Waals surface area (Å²) in [6.07, 6.45) is 1.09. The van der Waals surface area contributed by atoms with Gasteiger partial charge in [0.05, 0.1) is 0 Å². The summed E-state index contributed by atoms with van der Waals surface area (Å²) in [4.78, 5) is 0. The summed E-state index contributed by atoms with van der Waals surface area (Å²) in [5, 5.41) is 3.38.